The van der Waals surface area contributed by atoms with Gasteiger partial charge in [-0.3, -0.25) is 0 Å². The number of hydrogen-bond donors (Lipinski definition) is 1. The van der Waals surface area contributed by atoms with Crippen LogP contribution in [0.5, 0.6) is 0 Å². The maximum absolute atomic E-state index is 10.5. The molecule has 4 nitrogen and oxygen atoms in total. The van der Waals surface area contributed by atoms with Gasteiger partial charge in [0.05, 0.1) is 19.3 Å². The van der Waals surface area contributed by atoms with Gasteiger partial charge in [0, 0.05) is 0 Å². The number of cyclic esters (lactones) is 1. The second-order valence-electron chi connectivity index (χ2n) is 2.79. The van der Waals surface area contributed by atoms with E-state index in [9.17, 15) is 4.79 Å². The Kier molecular flexibility index (Phi) is 2.70. The summed E-state index contributed by atoms with van der Waals surface area (Å²) in [7, 11) is 0. The van der Waals surface area contributed by atoms with Crippen molar-refractivity contribution in [2.45, 2.75) is 26.1 Å². The van der Waals surface area contributed by atoms with Crippen molar-refractivity contribution in [3.63, 3.8) is 0 Å². The van der Waals surface area contributed by atoms with Crippen molar-refractivity contribution in [1.82, 2.24) is 5.32 Å². The minimum Gasteiger partial charge on any atom is -0.442 e. The van der Waals surface area contributed by atoms with E-state index in [1.165, 1.54) is 0 Å². The summed E-state index contributed by atoms with van der Waals surface area (Å²) in [5, 5.41) is 2.55. The highest BCUT2D eigenvalue weighted by Crippen LogP contribution is 2.01. The first-order chi connectivity index (χ1) is 5.18. The fraction of sp³-hybridized carbons (Fsp3) is 0.857. The van der Waals surface area contributed by atoms with Crippen LogP contribution in [0.25, 0.3) is 0 Å². The summed E-state index contributed by atoms with van der Waals surface area (Å²) in [4.78, 5) is 10.5. The molecule has 0 spiro atoms. The number of nitrogens with one attached hydrogen (secondary N) is 1. The van der Waals surface area contributed by atoms with E-state index < -0.39 is 0 Å². The number of amides is 1. The normalized spacial score (nSPS) is 23.5. The quantitative estimate of drug-likeness (QED) is 0.653. The Bertz CT molecular complexity index is 147. The third-order valence-electron chi connectivity index (χ3n) is 1.36. The van der Waals surface area contributed by atoms with Crippen LogP contribution in [0.2, 0.25) is 0 Å². The zero-order chi connectivity index (χ0) is 8.27. The maximum atomic E-state index is 10.5. The van der Waals surface area contributed by atoms with E-state index in [1.807, 2.05) is 13.8 Å². The van der Waals surface area contributed by atoms with Crippen molar-refractivity contribution in [1.29, 1.82) is 0 Å². The molecular formula is C7H13NO3. The molecule has 1 N–H and O–H groups in total. The monoisotopic (exact) mass is 159 g/mol. The average molecular weight is 159 g/mol. The molecule has 1 amide bonds. The highest BCUT2D eigenvalue weighted by Gasteiger charge is 2.22. The van der Waals surface area contributed by atoms with E-state index in [1.54, 1.807) is 0 Å². The summed E-state index contributed by atoms with van der Waals surface area (Å²) in [6.45, 7) is 4.94. The number of carbonyl (C=O) groups excluding carboxylic acids is 1. The van der Waals surface area contributed by atoms with Gasteiger partial charge >= 0.3 is 6.09 Å². The van der Waals surface area contributed by atoms with Gasteiger partial charge in [0.25, 0.3) is 0 Å². The predicted octanol–water partition coefficient (Wildman–Crippen LogP) is 0.520. The van der Waals surface area contributed by atoms with Gasteiger partial charge in [0.15, 0.2) is 0 Å². The molecule has 0 aromatic heterocycles. The average Bonchev–Trinajstić information content (AvgIpc) is 2.31. The molecular weight excluding hydrogens is 146 g/mol. The van der Waals surface area contributed by atoms with E-state index >= 15 is 0 Å². The topological polar surface area (TPSA) is 47.6 Å². The van der Waals surface area contributed by atoms with Crippen molar-refractivity contribution in [3.8, 4) is 0 Å². The van der Waals surface area contributed by atoms with Crippen LogP contribution in [-0.4, -0.2) is 31.5 Å². The Balaban J connectivity index is 2.13. The zero-order valence-corrected chi connectivity index (χ0v) is 6.79. The molecule has 0 aromatic rings. The number of alkyl carbamates (subject to hydrolysis) is 1. The van der Waals surface area contributed by atoms with Gasteiger partial charge in [0.1, 0.15) is 6.10 Å². The molecule has 1 aliphatic heterocycles. The van der Waals surface area contributed by atoms with Gasteiger partial charge in [-0.25, -0.2) is 4.79 Å². The maximum Gasteiger partial charge on any atom is 0.407 e. The molecule has 1 fully saturated rings. The summed E-state index contributed by atoms with van der Waals surface area (Å²) in [5.74, 6) is 0. The van der Waals surface area contributed by atoms with Crippen LogP contribution in [0.3, 0.4) is 0 Å². The first-order valence-corrected chi connectivity index (χ1v) is 3.74. The van der Waals surface area contributed by atoms with Gasteiger partial charge in [0.2, 0.25) is 0 Å². The van der Waals surface area contributed by atoms with Crippen molar-refractivity contribution < 1.29 is 14.3 Å². The molecule has 1 heterocycles. The minimum atomic E-state index is -0.345. The zero-order valence-electron chi connectivity index (χ0n) is 6.79. The van der Waals surface area contributed by atoms with Gasteiger partial charge in [-0.15, -0.1) is 0 Å². The molecule has 1 unspecified atom stereocenters. The Morgan fingerprint density at radius 1 is 1.82 bits per heavy atom. The van der Waals surface area contributed by atoms with E-state index in [0.29, 0.717) is 13.2 Å². The van der Waals surface area contributed by atoms with Crippen LogP contribution in [0.15, 0.2) is 0 Å². The summed E-state index contributed by atoms with van der Waals surface area (Å²) in [5.41, 5.74) is 0. The standard InChI is InChI=1S/C7H13NO3/c1-5(2)10-4-6-3-8-7(9)11-6/h5-6H,3-4H2,1-2H3,(H,8,9). The van der Waals surface area contributed by atoms with Crippen LogP contribution in [0.1, 0.15) is 13.8 Å². The second kappa shape index (κ2) is 3.57. The molecule has 0 saturated carbocycles. The van der Waals surface area contributed by atoms with Crippen molar-refractivity contribution in [3.05, 3.63) is 0 Å². The number of carbonyl (C=O) groups is 1. The van der Waals surface area contributed by atoms with Crippen LogP contribution in [0.4, 0.5) is 4.79 Å². The van der Waals surface area contributed by atoms with Gasteiger partial charge < -0.3 is 14.8 Å². The lowest BCUT2D eigenvalue weighted by atomic mass is 10.4. The summed E-state index contributed by atoms with van der Waals surface area (Å²) in [6.07, 6.45) is -0.262. The molecule has 1 rings (SSSR count). The van der Waals surface area contributed by atoms with Crippen LogP contribution in [0, 0.1) is 0 Å². The Labute approximate surface area is 65.9 Å². The number of rotatable bonds is 3. The molecule has 11 heavy (non-hydrogen) atoms. The number of ether oxygens (including phenoxy) is 2. The van der Waals surface area contributed by atoms with E-state index in [0.717, 1.165) is 0 Å². The lowest BCUT2D eigenvalue weighted by Gasteiger charge is -2.10. The van der Waals surface area contributed by atoms with Crippen LogP contribution in [-0.2, 0) is 9.47 Å². The van der Waals surface area contributed by atoms with Gasteiger partial charge in [-0.2, -0.15) is 0 Å². The van der Waals surface area contributed by atoms with Crippen LogP contribution < -0.4 is 5.32 Å². The van der Waals surface area contributed by atoms with Crippen molar-refractivity contribution in [2.75, 3.05) is 13.2 Å². The van der Waals surface area contributed by atoms with E-state index in [4.69, 9.17) is 9.47 Å². The Morgan fingerprint density at radius 2 is 2.55 bits per heavy atom. The fourth-order valence-corrected chi connectivity index (χ4v) is 0.825. The molecule has 1 saturated heterocycles. The van der Waals surface area contributed by atoms with Gasteiger partial charge in [-0.1, -0.05) is 0 Å². The van der Waals surface area contributed by atoms with Gasteiger partial charge in [-0.05, 0) is 13.8 Å². The molecule has 4 heteroatoms. The van der Waals surface area contributed by atoms with E-state index in [2.05, 4.69) is 5.32 Å². The highest BCUT2D eigenvalue weighted by molar-refractivity contribution is 5.69. The predicted molar refractivity (Wildman–Crippen MR) is 39.4 cm³/mol. The second-order valence-corrected chi connectivity index (χ2v) is 2.79. The third-order valence-corrected chi connectivity index (χ3v) is 1.36. The summed E-state index contributed by atoms with van der Waals surface area (Å²) < 4.78 is 10.1. The van der Waals surface area contributed by atoms with Crippen LogP contribution >= 0.6 is 0 Å². The molecule has 0 bridgehead atoms. The largest absolute Gasteiger partial charge is 0.442 e. The SMILES string of the molecule is CC(C)OCC1CNC(=O)O1. The molecule has 1 atom stereocenters. The first-order valence-electron chi connectivity index (χ1n) is 3.74. The van der Waals surface area contributed by atoms with Crippen molar-refractivity contribution >= 4 is 6.09 Å². The third kappa shape index (κ3) is 2.76. The molecule has 0 aliphatic carbocycles. The van der Waals surface area contributed by atoms with E-state index in [-0.39, 0.29) is 18.3 Å². The van der Waals surface area contributed by atoms with Crippen molar-refractivity contribution in [2.24, 2.45) is 0 Å². The number of hydrogen-bond acceptors (Lipinski definition) is 3. The minimum absolute atomic E-state index is 0.107. The molecule has 64 valence electrons. The highest BCUT2D eigenvalue weighted by atomic mass is 16.6. The lowest BCUT2D eigenvalue weighted by molar-refractivity contribution is 0.0153. The lowest BCUT2D eigenvalue weighted by Crippen LogP contribution is -2.22. The molecule has 0 radical (unpaired) electrons. The smallest absolute Gasteiger partial charge is 0.407 e. The Morgan fingerprint density at radius 3 is 3.00 bits per heavy atom. The fourth-order valence-electron chi connectivity index (χ4n) is 0.825. The first kappa shape index (κ1) is 8.33. The molecule has 0 aromatic carbocycles. The summed E-state index contributed by atoms with van der Waals surface area (Å²) >= 11 is 0. The Hall–Kier alpha value is -0.770. The molecule has 1 aliphatic rings. The summed E-state index contributed by atoms with van der Waals surface area (Å²) in [6, 6.07) is 0.